The number of hydrogen-bond donors (Lipinski definition) is 1. The fourth-order valence-electron chi connectivity index (χ4n) is 2.75. The van der Waals surface area contributed by atoms with Crippen molar-refractivity contribution in [1.29, 1.82) is 0 Å². The zero-order valence-electron chi connectivity index (χ0n) is 11.2. The Labute approximate surface area is 110 Å². The molecule has 98 valence electrons. The van der Waals surface area contributed by atoms with E-state index >= 15 is 0 Å². The molecule has 2 aliphatic rings. The van der Waals surface area contributed by atoms with Gasteiger partial charge in [-0.05, 0) is 68.3 Å². The molecule has 1 aromatic carbocycles. The van der Waals surface area contributed by atoms with Gasteiger partial charge in [0.2, 0.25) is 0 Å². The standard InChI is InChI=1S/C16H23NO/c1-2-17-11-13-5-10-16(13)12-3-6-14(7-4-12)18-15-8-9-15/h3-4,6-7,13,15-17H,2,5,8-11H2,1H3. The van der Waals surface area contributed by atoms with E-state index in [1.54, 1.807) is 0 Å². The van der Waals surface area contributed by atoms with Crippen molar-refractivity contribution < 1.29 is 4.74 Å². The van der Waals surface area contributed by atoms with Crippen LogP contribution >= 0.6 is 0 Å². The van der Waals surface area contributed by atoms with Gasteiger partial charge >= 0.3 is 0 Å². The topological polar surface area (TPSA) is 21.3 Å². The first-order chi connectivity index (χ1) is 8.86. The summed E-state index contributed by atoms with van der Waals surface area (Å²) in [7, 11) is 0. The van der Waals surface area contributed by atoms with Crippen molar-refractivity contribution in [3.05, 3.63) is 29.8 Å². The molecule has 0 aromatic heterocycles. The summed E-state index contributed by atoms with van der Waals surface area (Å²) in [5, 5.41) is 3.47. The highest BCUT2D eigenvalue weighted by Crippen LogP contribution is 2.42. The molecule has 2 aliphatic carbocycles. The molecule has 0 bridgehead atoms. The van der Waals surface area contributed by atoms with E-state index in [-0.39, 0.29) is 0 Å². The van der Waals surface area contributed by atoms with Crippen LogP contribution in [0.3, 0.4) is 0 Å². The van der Waals surface area contributed by atoms with E-state index in [4.69, 9.17) is 4.74 Å². The van der Waals surface area contributed by atoms with Gasteiger partial charge in [0.05, 0.1) is 6.10 Å². The number of hydrogen-bond acceptors (Lipinski definition) is 2. The molecule has 0 saturated heterocycles. The highest BCUT2D eigenvalue weighted by molar-refractivity contribution is 5.31. The zero-order valence-corrected chi connectivity index (χ0v) is 11.2. The second-order valence-corrected chi connectivity index (χ2v) is 5.64. The van der Waals surface area contributed by atoms with Crippen molar-refractivity contribution in [3.63, 3.8) is 0 Å². The van der Waals surface area contributed by atoms with Gasteiger partial charge in [0.15, 0.2) is 0 Å². The van der Waals surface area contributed by atoms with E-state index in [0.29, 0.717) is 6.10 Å². The Morgan fingerprint density at radius 3 is 2.44 bits per heavy atom. The Morgan fingerprint density at radius 2 is 1.89 bits per heavy atom. The van der Waals surface area contributed by atoms with Gasteiger partial charge in [-0.3, -0.25) is 0 Å². The first kappa shape index (κ1) is 12.0. The van der Waals surface area contributed by atoms with Gasteiger partial charge in [0.1, 0.15) is 5.75 Å². The molecule has 0 heterocycles. The van der Waals surface area contributed by atoms with Crippen molar-refractivity contribution in [2.24, 2.45) is 5.92 Å². The van der Waals surface area contributed by atoms with Gasteiger partial charge in [-0.1, -0.05) is 19.1 Å². The molecule has 0 spiro atoms. The van der Waals surface area contributed by atoms with E-state index in [9.17, 15) is 0 Å². The van der Waals surface area contributed by atoms with Gasteiger partial charge in [0, 0.05) is 0 Å². The first-order valence-corrected chi connectivity index (χ1v) is 7.34. The summed E-state index contributed by atoms with van der Waals surface area (Å²) in [4.78, 5) is 0. The van der Waals surface area contributed by atoms with Crippen LogP contribution in [0.15, 0.2) is 24.3 Å². The van der Waals surface area contributed by atoms with E-state index in [0.717, 1.165) is 24.1 Å². The van der Waals surface area contributed by atoms with Crippen LogP contribution in [0.2, 0.25) is 0 Å². The van der Waals surface area contributed by atoms with Crippen molar-refractivity contribution >= 4 is 0 Å². The van der Waals surface area contributed by atoms with Gasteiger partial charge in [-0.15, -0.1) is 0 Å². The summed E-state index contributed by atoms with van der Waals surface area (Å²) < 4.78 is 5.79. The average Bonchev–Trinajstić information content (AvgIpc) is 3.15. The molecule has 2 fully saturated rings. The molecular weight excluding hydrogens is 222 g/mol. The van der Waals surface area contributed by atoms with E-state index in [2.05, 4.69) is 36.5 Å². The van der Waals surface area contributed by atoms with Crippen molar-refractivity contribution in [3.8, 4) is 5.75 Å². The lowest BCUT2D eigenvalue weighted by Gasteiger charge is -2.37. The molecule has 2 saturated carbocycles. The molecule has 18 heavy (non-hydrogen) atoms. The number of benzene rings is 1. The fraction of sp³-hybridized carbons (Fsp3) is 0.625. The van der Waals surface area contributed by atoms with Crippen LogP contribution in [0.4, 0.5) is 0 Å². The molecular formula is C16H23NO. The van der Waals surface area contributed by atoms with Crippen LogP contribution in [-0.4, -0.2) is 19.2 Å². The van der Waals surface area contributed by atoms with Gasteiger partial charge in [-0.2, -0.15) is 0 Å². The Bertz CT molecular complexity index is 383. The normalized spacial score (nSPS) is 26.7. The van der Waals surface area contributed by atoms with Crippen molar-refractivity contribution in [2.45, 2.75) is 44.6 Å². The minimum atomic E-state index is 0.501. The maximum Gasteiger partial charge on any atom is 0.119 e. The molecule has 0 radical (unpaired) electrons. The second-order valence-electron chi connectivity index (χ2n) is 5.64. The Kier molecular flexibility index (Phi) is 3.55. The fourth-order valence-corrected chi connectivity index (χ4v) is 2.75. The molecule has 0 aliphatic heterocycles. The number of nitrogens with one attached hydrogen (secondary N) is 1. The third-order valence-corrected chi connectivity index (χ3v) is 4.21. The highest BCUT2D eigenvalue weighted by Gasteiger charge is 2.31. The largest absolute Gasteiger partial charge is 0.490 e. The smallest absolute Gasteiger partial charge is 0.119 e. The summed E-state index contributed by atoms with van der Waals surface area (Å²) in [6, 6.07) is 8.83. The molecule has 2 unspecified atom stereocenters. The summed E-state index contributed by atoms with van der Waals surface area (Å²) in [5.41, 5.74) is 1.49. The second kappa shape index (κ2) is 5.31. The van der Waals surface area contributed by atoms with Crippen LogP contribution in [0, 0.1) is 5.92 Å². The van der Waals surface area contributed by atoms with E-state index < -0.39 is 0 Å². The third kappa shape index (κ3) is 2.69. The molecule has 1 N–H and O–H groups in total. The minimum absolute atomic E-state index is 0.501. The van der Waals surface area contributed by atoms with Crippen LogP contribution in [0.25, 0.3) is 0 Å². The third-order valence-electron chi connectivity index (χ3n) is 4.21. The first-order valence-electron chi connectivity index (χ1n) is 7.34. The average molecular weight is 245 g/mol. The van der Waals surface area contributed by atoms with E-state index in [1.165, 1.54) is 37.8 Å². The van der Waals surface area contributed by atoms with Crippen LogP contribution in [0.5, 0.6) is 5.75 Å². The molecule has 3 rings (SSSR count). The monoisotopic (exact) mass is 245 g/mol. The lowest BCUT2D eigenvalue weighted by molar-refractivity contribution is 0.247. The number of ether oxygens (including phenoxy) is 1. The zero-order chi connectivity index (χ0) is 12.4. The van der Waals surface area contributed by atoms with Crippen LogP contribution in [-0.2, 0) is 0 Å². The summed E-state index contributed by atoms with van der Waals surface area (Å²) in [6.07, 6.45) is 5.68. The van der Waals surface area contributed by atoms with Crippen molar-refractivity contribution in [1.82, 2.24) is 5.32 Å². The SMILES string of the molecule is CCNCC1CCC1c1ccc(OC2CC2)cc1. The molecule has 2 atom stereocenters. The minimum Gasteiger partial charge on any atom is -0.490 e. The lowest BCUT2D eigenvalue weighted by Crippen LogP contribution is -2.33. The molecule has 0 amide bonds. The predicted molar refractivity (Wildman–Crippen MR) is 74.1 cm³/mol. The number of rotatable bonds is 6. The van der Waals surface area contributed by atoms with Gasteiger partial charge in [-0.25, -0.2) is 0 Å². The maximum atomic E-state index is 5.79. The Balaban J connectivity index is 1.58. The summed E-state index contributed by atoms with van der Waals surface area (Å²) in [6.45, 7) is 4.43. The lowest BCUT2D eigenvalue weighted by atomic mass is 9.70. The van der Waals surface area contributed by atoms with Gasteiger partial charge in [0.25, 0.3) is 0 Å². The maximum absolute atomic E-state index is 5.79. The quantitative estimate of drug-likeness (QED) is 0.830. The highest BCUT2D eigenvalue weighted by atomic mass is 16.5. The summed E-state index contributed by atoms with van der Waals surface area (Å²) in [5.74, 6) is 2.64. The molecule has 1 aromatic rings. The van der Waals surface area contributed by atoms with Crippen molar-refractivity contribution in [2.75, 3.05) is 13.1 Å². The van der Waals surface area contributed by atoms with E-state index in [1.807, 2.05) is 0 Å². The molecule has 2 heteroatoms. The van der Waals surface area contributed by atoms with Gasteiger partial charge < -0.3 is 10.1 Å². The Hall–Kier alpha value is -1.02. The Morgan fingerprint density at radius 1 is 1.11 bits per heavy atom. The summed E-state index contributed by atoms with van der Waals surface area (Å²) >= 11 is 0. The van der Waals surface area contributed by atoms with Crippen LogP contribution in [0.1, 0.15) is 44.1 Å². The van der Waals surface area contributed by atoms with Crippen LogP contribution < -0.4 is 10.1 Å². The molecule has 2 nitrogen and oxygen atoms in total. The predicted octanol–water partition coefficient (Wildman–Crippen LogP) is 3.33.